The number of ether oxygens (including phenoxy) is 1. The Morgan fingerprint density at radius 1 is 1.37 bits per heavy atom. The van der Waals surface area contributed by atoms with Crippen molar-refractivity contribution in [3.63, 3.8) is 0 Å². The summed E-state index contributed by atoms with van der Waals surface area (Å²) in [6.45, 7) is 8.83. The predicted octanol–water partition coefficient (Wildman–Crippen LogP) is 1.79. The molecule has 2 rings (SSSR count). The average molecular weight is 268 g/mol. The maximum Gasteiger partial charge on any atom is 0.324 e. The van der Waals surface area contributed by atoms with E-state index in [1.54, 1.807) is 0 Å². The molecule has 4 heteroatoms. The zero-order chi connectivity index (χ0) is 13.8. The molecule has 1 saturated heterocycles. The van der Waals surface area contributed by atoms with Gasteiger partial charge in [-0.3, -0.25) is 9.69 Å². The highest BCUT2D eigenvalue weighted by atomic mass is 16.5. The van der Waals surface area contributed by atoms with Crippen molar-refractivity contribution < 1.29 is 9.53 Å². The van der Waals surface area contributed by atoms with Crippen LogP contribution in [0.1, 0.15) is 46.5 Å². The molecule has 19 heavy (non-hydrogen) atoms. The molecular weight excluding hydrogens is 240 g/mol. The molecule has 2 fully saturated rings. The lowest BCUT2D eigenvalue weighted by Gasteiger charge is -2.38. The molecule has 3 atom stereocenters. The van der Waals surface area contributed by atoms with Crippen LogP contribution in [-0.4, -0.2) is 48.7 Å². The van der Waals surface area contributed by atoms with E-state index in [0.29, 0.717) is 18.7 Å². The molecule has 1 saturated carbocycles. The van der Waals surface area contributed by atoms with Crippen LogP contribution < -0.4 is 5.32 Å². The Hall–Kier alpha value is -0.610. The van der Waals surface area contributed by atoms with E-state index in [-0.39, 0.29) is 12.0 Å². The number of esters is 1. The van der Waals surface area contributed by atoms with E-state index in [9.17, 15) is 4.79 Å². The molecule has 0 aromatic carbocycles. The van der Waals surface area contributed by atoms with E-state index in [4.69, 9.17) is 4.74 Å². The predicted molar refractivity (Wildman–Crippen MR) is 76.0 cm³/mol. The van der Waals surface area contributed by atoms with Crippen LogP contribution in [0.25, 0.3) is 0 Å². The van der Waals surface area contributed by atoms with Gasteiger partial charge in [-0.1, -0.05) is 6.92 Å². The van der Waals surface area contributed by atoms with Crippen LogP contribution in [0.5, 0.6) is 0 Å². The van der Waals surface area contributed by atoms with Gasteiger partial charge in [0.1, 0.15) is 6.04 Å². The Morgan fingerprint density at radius 3 is 2.68 bits per heavy atom. The fourth-order valence-electron chi connectivity index (χ4n) is 2.93. The molecule has 110 valence electrons. The molecule has 1 aliphatic carbocycles. The smallest absolute Gasteiger partial charge is 0.324 e. The lowest BCUT2D eigenvalue weighted by molar-refractivity contribution is -0.146. The van der Waals surface area contributed by atoms with Crippen molar-refractivity contribution in [3.05, 3.63) is 0 Å². The second-order valence-electron chi connectivity index (χ2n) is 6.22. The van der Waals surface area contributed by atoms with Crippen molar-refractivity contribution in [1.82, 2.24) is 10.2 Å². The minimum atomic E-state index is -0.150. The molecule has 1 heterocycles. The normalized spacial score (nSPS) is 30.1. The first kappa shape index (κ1) is 14.8. The van der Waals surface area contributed by atoms with E-state index >= 15 is 0 Å². The zero-order valence-corrected chi connectivity index (χ0v) is 12.5. The lowest BCUT2D eigenvalue weighted by Crippen LogP contribution is -2.52. The molecule has 0 amide bonds. The van der Waals surface area contributed by atoms with E-state index < -0.39 is 0 Å². The van der Waals surface area contributed by atoms with Gasteiger partial charge in [-0.2, -0.15) is 0 Å². The molecule has 0 aromatic heterocycles. The maximum atomic E-state index is 12.0. The lowest BCUT2D eigenvalue weighted by atomic mass is 9.93. The summed E-state index contributed by atoms with van der Waals surface area (Å²) in [5.74, 6) is 0.726. The highest BCUT2D eigenvalue weighted by Crippen LogP contribution is 2.24. The van der Waals surface area contributed by atoms with Crippen LogP contribution in [-0.2, 0) is 9.53 Å². The number of piperidine rings is 1. The third-order valence-electron chi connectivity index (χ3n) is 4.28. The summed E-state index contributed by atoms with van der Waals surface area (Å²) in [6, 6.07) is 0.957. The molecule has 0 radical (unpaired) electrons. The molecule has 0 aromatic rings. The van der Waals surface area contributed by atoms with Crippen LogP contribution >= 0.6 is 0 Å². The topological polar surface area (TPSA) is 41.6 Å². The van der Waals surface area contributed by atoms with Gasteiger partial charge in [0.05, 0.1) is 6.61 Å². The number of nitrogens with one attached hydrogen (secondary N) is 1. The number of likely N-dealkylation sites (tertiary alicyclic amines) is 1. The Balaban J connectivity index is 1.88. The average Bonchev–Trinajstić information content (AvgIpc) is 3.15. The highest BCUT2D eigenvalue weighted by molar-refractivity contribution is 5.76. The summed E-state index contributed by atoms with van der Waals surface area (Å²) in [5, 5.41) is 3.44. The summed E-state index contributed by atoms with van der Waals surface area (Å²) in [4.78, 5) is 14.5. The van der Waals surface area contributed by atoms with Crippen LogP contribution in [0.2, 0.25) is 0 Å². The fourth-order valence-corrected chi connectivity index (χ4v) is 2.93. The van der Waals surface area contributed by atoms with Gasteiger partial charge in [0.25, 0.3) is 0 Å². The number of carbonyl (C=O) groups excluding carboxylic acids is 1. The molecule has 1 aliphatic heterocycles. The Bertz CT molecular complexity index is 305. The second kappa shape index (κ2) is 6.71. The van der Waals surface area contributed by atoms with E-state index in [1.807, 2.05) is 6.92 Å². The highest BCUT2D eigenvalue weighted by Gasteiger charge is 2.32. The zero-order valence-electron chi connectivity index (χ0n) is 12.5. The van der Waals surface area contributed by atoms with Gasteiger partial charge in [-0.05, 0) is 52.0 Å². The van der Waals surface area contributed by atoms with Gasteiger partial charge in [-0.25, -0.2) is 0 Å². The Morgan fingerprint density at radius 2 is 2.11 bits per heavy atom. The van der Waals surface area contributed by atoms with Gasteiger partial charge >= 0.3 is 5.97 Å². The van der Waals surface area contributed by atoms with Gasteiger partial charge in [0, 0.05) is 18.6 Å². The minimum absolute atomic E-state index is 0.0831. The van der Waals surface area contributed by atoms with Crippen molar-refractivity contribution in [2.45, 2.75) is 64.6 Å². The summed E-state index contributed by atoms with van der Waals surface area (Å²) >= 11 is 0. The summed E-state index contributed by atoms with van der Waals surface area (Å²) in [7, 11) is 0. The molecule has 4 nitrogen and oxygen atoms in total. The summed E-state index contributed by atoms with van der Waals surface area (Å²) in [5.41, 5.74) is 0. The van der Waals surface area contributed by atoms with E-state index in [0.717, 1.165) is 19.0 Å². The second-order valence-corrected chi connectivity index (χ2v) is 6.22. The maximum absolute atomic E-state index is 12.0. The number of rotatable bonds is 6. The monoisotopic (exact) mass is 268 g/mol. The molecule has 1 N–H and O–H groups in total. The quantitative estimate of drug-likeness (QED) is 0.746. The number of nitrogens with zero attached hydrogens (tertiary/aromatic N) is 1. The first-order valence-corrected chi connectivity index (χ1v) is 7.76. The van der Waals surface area contributed by atoms with Gasteiger partial charge in [0.15, 0.2) is 0 Å². The fraction of sp³-hybridized carbons (Fsp3) is 0.933. The van der Waals surface area contributed by atoms with Crippen molar-refractivity contribution >= 4 is 5.97 Å². The van der Waals surface area contributed by atoms with E-state index in [1.165, 1.54) is 25.7 Å². The first-order valence-electron chi connectivity index (χ1n) is 7.76. The molecular formula is C15H28N2O2. The summed E-state index contributed by atoms with van der Waals surface area (Å²) in [6.07, 6.45) is 4.87. The number of hydrogen-bond acceptors (Lipinski definition) is 4. The van der Waals surface area contributed by atoms with Crippen LogP contribution in [0.3, 0.4) is 0 Å². The van der Waals surface area contributed by atoms with Crippen LogP contribution in [0.4, 0.5) is 0 Å². The van der Waals surface area contributed by atoms with Crippen molar-refractivity contribution in [3.8, 4) is 0 Å². The SMILES string of the molecule is CCOC(=O)C(CN1CCC(C)CC1C)NC1CC1. The third kappa shape index (κ3) is 4.46. The Labute approximate surface area is 116 Å². The molecule has 3 unspecified atom stereocenters. The van der Waals surface area contributed by atoms with Gasteiger partial charge < -0.3 is 10.1 Å². The molecule has 0 spiro atoms. The van der Waals surface area contributed by atoms with Gasteiger partial charge in [-0.15, -0.1) is 0 Å². The summed E-state index contributed by atoms with van der Waals surface area (Å²) < 4.78 is 5.20. The van der Waals surface area contributed by atoms with Crippen molar-refractivity contribution in [2.24, 2.45) is 5.92 Å². The minimum Gasteiger partial charge on any atom is -0.465 e. The number of hydrogen-bond donors (Lipinski definition) is 1. The van der Waals surface area contributed by atoms with Crippen molar-refractivity contribution in [2.75, 3.05) is 19.7 Å². The first-order chi connectivity index (χ1) is 9.10. The largest absolute Gasteiger partial charge is 0.465 e. The Kier molecular flexibility index (Phi) is 5.22. The van der Waals surface area contributed by atoms with Gasteiger partial charge in [0.2, 0.25) is 0 Å². The van der Waals surface area contributed by atoms with Crippen molar-refractivity contribution in [1.29, 1.82) is 0 Å². The van der Waals surface area contributed by atoms with Crippen LogP contribution in [0, 0.1) is 5.92 Å². The molecule has 0 bridgehead atoms. The van der Waals surface area contributed by atoms with Crippen LogP contribution in [0.15, 0.2) is 0 Å². The van der Waals surface area contributed by atoms with E-state index in [2.05, 4.69) is 24.1 Å². The standard InChI is InChI=1S/C15H28N2O2/c1-4-19-15(18)14(16-13-5-6-13)10-17-8-7-11(2)9-12(17)3/h11-14,16H,4-10H2,1-3H3. The molecule has 2 aliphatic rings. The third-order valence-corrected chi connectivity index (χ3v) is 4.28. The number of carbonyl (C=O) groups is 1.